The zero-order valence-corrected chi connectivity index (χ0v) is 23.7. The van der Waals surface area contributed by atoms with Crippen LogP contribution < -0.4 is 4.43 Å². The van der Waals surface area contributed by atoms with Gasteiger partial charge in [-0.3, -0.25) is 0 Å². The van der Waals surface area contributed by atoms with Gasteiger partial charge in [-0.1, -0.05) is 30.3 Å². The standard InChI is InChI=1S/C27H41NO3Si2/c1-26-15-13-23-22-12-10-21(30-32(3,4)5)19-20(22)9-11-24(23)25(26)14-16-27(26,17-18-28-29-2)31-33(6,7)8/h9-12,18-19,25H,13-17H2,1-8H3/b28-18+/t25-,26-,27+/m0/s1. The molecule has 6 heteroatoms. The summed E-state index contributed by atoms with van der Waals surface area (Å²) >= 11 is 0. The molecule has 3 atom stereocenters. The summed E-state index contributed by atoms with van der Waals surface area (Å²) in [6.07, 6.45) is 7.22. The van der Waals surface area contributed by atoms with Gasteiger partial charge in [0.1, 0.15) is 12.9 Å². The molecule has 0 radical (unpaired) electrons. The highest BCUT2D eigenvalue weighted by Gasteiger charge is 2.60. The smallest absolute Gasteiger partial charge is 0.242 e. The van der Waals surface area contributed by atoms with Gasteiger partial charge in [-0.2, -0.15) is 0 Å². The second kappa shape index (κ2) is 8.54. The maximum absolute atomic E-state index is 7.05. The first kappa shape index (κ1) is 24.5. The van der Waals surface area contributed by atoms with E-state index < -0.39 is 16.6 Å². The number of benzene rings is 2. The molecule has 0 saturated heterocycles. The average Bonchev–Trinajstić information content (AvgIpc) is 2.97. The third-order valence-corrected chi connectivity index (χ3v) is 9.43. The SMILES string of the molecule is CO/N=C/C[C@]1(O[Si](C)(C)C)CC[C@H]2c3ccc4cc(O[Si](C)(C)C)ccc4c3CC[C@@]21C. The predicted octanol–water partition coefficient (Wildman–Crippen LogP) is 7.50. The summed E-state index contributed by atoms with van der Waals surface area (Å²) in [5.74, 6) is 1.51. The Balaban J connectivity index is 1.73. The van der Waals surface area contributed by atoms with Gasteiger partial charge in [0, 0.05) is 18.1 Å². The van der Waals surface area contributed by atoms with E-state index in [4.69, 9.17) is 13.7 Å². The van der Waals surface area contributed by atoms with E-state index in [9.17, 15) is 0 Å². The second-order valence-electron chi connectivity index (χ2n) is 12.1. The second-order valence-corrected chi connectivity index (χ2v) is 21.0. The van der Waals surface area contributed by atoms with Crippen LogP contribution in [0.15, 0.2) is 35.5 Å². The lowest BCUT2D eigenvalue weighted by molar-refractivity contribution is -0.0428. The highest BCUT2D eigenvalue weighted by Crippen LogP contribution is 2.63. The van der Waals surface area contributed by atoms with Gasteiger partial charge >= 0.3 is 0 Å². The lowest BCUT2D eigenvalue weighted by atomic mass is 9.60. The molecule has 33 heavy (non-hydrogen) atoms. The maximum atomic E-state index is 7.05. The minimum absolute atomic E-state index is 0.0919. The normalized spacial score (nSPS) is 27.6. The molecule has 0 aromatic heterocycles. The van der Waals surface area contributed by atoms with E-state index in [2.05, 4.69) is 81.7 Å². The van der Waals surface area contributed by atoms with Crippen molar-refractivity contribution in [1.29, 1.82) is 0 Å². The summed E-state index contributed by atoms with van der Waals surface area (Å²) in [5, 5.41) is 6.78. The fraction of sp³-hybridized carbons (Fsp3) is 0.593. The average molecular weight is 484 g/mol. The summed E-state index contributed by atoms with van der Waals surface area (Å²) in [6, 6.07) is 11.4. The van der Waals surface area contributed by atoms with E-state index in [0.29, 0.717) is 5.92 Å². The van der Waals surface area contributed by atoms with Crippen LogP contribution in [0.4, 0.5) is 0 Å². The van der Waals surface area contributed by atoms with Crippen LogP contribution >= 0.6 is 0 Å². The molecule has 0 aliphatic heterocycles. The van der Waals surface area contributed by atoms with Crippen LogP contribution in [0.3, 0.4) is 0 Å². The zero-order valence-electron chi connectivity index (χ0n) is 21.7. The Morgan fingerprint density at radius 1 is 1.03 bits per heavy atom. The molecule has 0 bridgehead atoms. The maximum Gasteiger partial charge on any atom is 0.242 e. The molecule has 2 aromatic rings. The molecule has 0 amide bonds. The lowest BCUT2D eigenvalue weighted by Crippen LogP contribution is -2.53. The lowest BCUT2D eigenvalue weighted by Gasteiger charge is -2.51. The van der Waals surface area contributed by atoms with Gasteiger partial charge in [0.15, 0.2) is 8.32 Å². The Morgan fingerprint density at radius 2 is 1.79 bits per heavy atom. The van der Waals surface area contributed by atoms with E-state index in [1.54, 1.807) is 7.11 Å². The Morgan fingerprint density at radius 3 is 2.45 bits per heavy atom. The van der Waals surface area contributed by atoms with E-state index in [1.807, 2.05) is 6.21 Å². The third-order valence-electron chi connectivity index (χ3n) is 7.58. The minimum atomic E-state index is -1.75. The number of fused-ring (bicyclic) bond motifs is 5. The van der Waals surface area contributed by atoms with Crippen molar-refractivity contribution < 1.29 is 13.7 Å². The van der Waals surface area contributed by atoms with Gasteiger partial charge in [0.2, 0.25) is 8.32 Å². The fourth-order valence-corrected chi connectivity index (χ4v) is 8.81. The highest BCUT2D eigenvalue weighted by molar-refractivity contribution is 6.70. The van der Waals surface area contributed by atoms with E-state index in [1.165, 1.54) is 21.9 Å². The molecule has 0 spiro atoms. The first-order chi connectivity index (χ1) is 15.4. The number of hydrogen-bond donors (Lipinski definition) is 0. The van der Waals surface area contributed by atoms with Crippen molar-refractivity contribution in [2.75, 3.05) is 7.11 Å². The van der Waals surface area contributed by atoms with Crippen LogP contribution in [-0.2, 0) is 15.7 Å². The van der Waals surface area contributed by atoms with Gasteiger partial charge < -0.3 is 13.7 Å². The molecule has 1 saturated carbocycles. The topological polar surface area (TPSA) is 40.0 Å². The molecule has 0 unspecified atom stereocenters. The molecule has 1 fully saturated rings. The molecule has 180 valence electrons. The molecule has 0 heterocycles. The molecular formula is C27H41NO3Si2. The van der Waals surface area contributed by atoms with Crippen LogP contribution in [0.25, 0.3) is 10.8 Å². The van der Waals surface area contributed by atoms with E-state index >= 15 is 0 Å². The largest absolute Gasteiger partial charge is 0.544 e. The van der Waals surface area contributed by atoms with Gasteiger partial charge in [-0.05, 0) is 105 Å². The predicted molar refractivity (Wildman–Crippen MR) is 144 cm³/mol. The number of hydrogen-bond acceptors (Lipinski definition) is 4. The Bertz CT molecular complexity index is 1060. The van der Waals surface area contributed by atoms with E-state index in [-0.39, 0.29) is 11.0 Å². The quantitative estimate of drug-likeness (QED) is 0.232. The van der Waals surface area contributed by atoms with Crippen LogP contribution in [0, 0.1) is 5.41 Å². The highest BCUT2D eigenvalue weighted by atomic mass is 28.4. The number of nitrogens with zero attached hydrogens (tertiary/aromatic N) is 1. The van der Waals surface area contributed by atoms with Gasteiger partial charge in [-0.25, -0.2) is 0 Å². The van der Waals surface area contributed by atoms with Crippen LogP contribution in [0.2, 0.25) is 39.3 Å². The Hall–Kier alpha value is -1.64. The molecule has 2 aromatic carbocycles. The van der Waals surface area contributed by atoms with Crippen molar-refractivity contribution in [1.82, 2.24) is 0 Å². The molecule has 4 rings (SSSR count). The molecule has 4 nitrogen and oxygen atoms in total. The van der Waals surface area contributed by atoms with Crippen molar-refractivity contribution in [3.05, 3.63) is 41.5 Å². The van der Waals surface area contributed by atoms with Crippen LogP contribution in [-0.4, -0.2) is 35.6 Å². The van der Waals surface area contributed by atoms with Crippen LogP contribution in [0.1, 0.15) is 49.7 Å². The van der Waals surface area contributed by atoms with Crippen molar-refractivity contribution >= 4 is 33.6 Å². The Labute approximate surface area is 202 Å². The molecule has 2 aliphatic rings. The molecule has 2 aliphatic carbocycles. The monoisotopic (exact) mass is 483 g/mol. The number of rotatable bonds is 7. The van der Waals surface area contributed by atoms with Crippen molar-refractivity contribution in [3.8, 4) is 5.75 Å². The third kappa shape index (κ3) is 4.66. The zero-order chi connectivity index (χ0) is 24.1. The summed E-state index contributed by atoms with van der Waals surface area (Å²) < 4.78 is 13.3. The number of aryl methyl sites for hydroxylation is 1. The minimum Gasteiger partial charge on any atom is -0.544 e. The summed E-state index contributed by atoms with van der Waals surface area (Å²) in [5.41, 5.74) is 2.98. The first-order valence-electron chi connectivity index (χ1n) is 12.4. The number of oxime groups is 1. The fourth-order valence-electron chi connectivity index (χ4n) is 6.39. The van der Waals surface area contributed by atoms with Crippen LogP contribution in [0.5, 0.6) is 5.75 Å². The van der Waals surface area contributed by atoms with Crippen molar-refractivity contribution in [2.24, 2.45) is 10.6 Å². The van der Waals surface area contributed by atoms with Gasteiger partial charge in [0.05, 0.1) is 5.60 Å². The summed E-state index contributed by atoms with van der Waals surface area (Å²) in [4.78, 5) is 5.01. The van der Waals surface area contributed by atoms with Crippen molar-refractivity contribution in [3.63, 3.8) is 0 Å². The van der Waals surface area contributed by atoms with Gasteiger partial charge in [0.25, 0.3) is 0 Å². The van der Waals surface area contributed by atoms with Crippen molar-refractivity contribution in [2.45, 2.75) is 89.8 Å². The Kier molecular flexibility index (Phi) is 6.34. The molecule has 0 N–H and O–H groups in total. The van der Waals surface area contributed by atoms with Gasteiger partial charge in [-0.15, -0.1) is 0 Å². The van der Waals surface area contributed by atoms with E-state index in [0.717, 1.165) is 37.9 Å². The summed E-state index contributed by atoms with van der Waals surface area (Å²) in [7, 11) is -1.76. The molecular weight excluding hydrogens is 442 g/mol. The summed E-state index contributed by atoms with van der Waals surface area (Å²) in [6.45, 7) is 16.1. The first-order valence-corrected chi connectivity index (χ1v) is 19.2.